The van der Waals surface area contributed by atoms with Gasteiger partial charge in [-0.1, -0.05) is 19.1 Å². The Morgan fingerprint density at radius 3 is 2.83 bits per heavy atom. The summed E-state index contributed by atoms with van der Waals surface area (Å²) in [5.74, 6) is 1.94. The summed E-state index contributed by atoms with van der Waals surface area (Å²) in [6.07, 6.45) is 5.10. The number of nitrogens with zero attached hydrogens (tertiary/aromatic N) is 1. The lowest BCUT2D eigenvalue weighted by Gasteiger charge is -2.50. The molecule has 3 aliphatic rings. The van der Waals surface area contributed by atoms with E-state index < -0.39 is 11.7 Å². The molecule has 1 amide bonds. The molecule has 2 aromatic rings. The van der Waals surface area contributed by atoms with Crippen molar-refractivity contribution < 1.29 is 22.7 Å². The van der Waals surface area contributed by atoms with Gasteiger partial charge < -0.3 is 10.1 Å². The molecule has 1 fully saturated rings. The van der Waals surface area contributed by atoms with Crippen LogP contribution in [0.1, 0.15) is 67.7 Å². The highest BCUT2D eigenvalue weighted by Crippen LogP contribution is 2.63. The number of halogens is 3. The third-order valence-electron chi connectivity index (χ3n) is 8.40. The van der Waals surface area contributed by atoms with Crippen molar-refractivity contribution in [2.24, 2.45) is 17.3 Å². The van der Waals surface area contributed by atoms with Crippen LogP contribution in [0.15, 0.2) is 42.7 Å². The number of allylic oxidation sites excluding steroid dienone is 2. The molecule has 0 radical (unpaired) electrons. The van der Waals surface area contributed by atoms with Crippen LogP contribution in [-0.4, -0.2) is 24.0 Å². The second kappa shape index (κ2) is 8.99. The predicted molar refractivity (Wildman–Crippen MR) is 128 cm³/mol. The van der Waals surface area contributed by atoms with Gasteiger partial charge in [0, 0.05) is 18.9 Å². The molecular formula is C28H31F3N2O2. The number of likely N-dealkylation sites (N-methyl/N-ethyl adjacent to an activating group) is 1. The van der Waals surface area contributed by atoms with E-state index in [2.05, 4.69) is 35.4 Å². The molecule has 0 spiro atoms. The molecule has 0 saturated heterocycles. The van der Waals surface area contributed by atoms with E-state index in [0.717, 1.165) is 49.6 Å². The van der Waals surface area contributed by atoms with Crippen molar-refractivity contribution in [3.63, 3.8) is 0 Å². The standard InChI is InChI=1S/C28H31F3N2O2/c1-3-33-26(34)16-35-20-5-7-21-17(13-20)4-6-23-22(21)10-11-27(2)24(8-9-25(23)27)18-12-19(15-32-14-18)28(29,30)31/h5,7-8,12-15,22-23,25H,3-4,6,9-11,16H2,1-2H3,(H,33,34). The van der Waals surface area contributed by atoms with E-state index in [1.165, 1.54) is 17.2 Å². The molecule has 1 aromatic carbocycles. The lowest BCUT2D eigenvalue weighted by molar-refractivity contribution is -0.137. The predicted octanol–water partition coefficient (Wildman–Crippen LogP) is 6.16. The third kappa shape index (κ3) is 4.34. The Hall–Kier alpha value is -2.83. The molecule has 5 rings (SSSR count). The van der Waals surface area contributed by atoms with Crippen molar-refractivity contribution in [3.8, 4) is 5.75 Å². The van der Waals surface area contributed by atoms with Crippen molar-refractivity contribution in [1.29, 1.82) is 0 Å². The van der Waals surface area contributed by atoms with E-state index in [0.29, 0.717) is 29.9 Å². The average Bonchev–Trinajstić information content (AvgIpc) is 3.19. The number of aryl methyl sites for hydroxylation is 1. The first-order valence-corrected chi connectivity index (χ1v) is 12.5. The minimum Gasteiger partial charge on any atom is -0.484 e. The van der Waals surface area contributed by atoms with Gasteiger partial charge in [-0.25, -0.2) is 0 Å². The van der Waals surface area contributed by atoms with Crippen molar-refractivity contribution >= 4 is 11.5 Å². The SMILES string of the molecule is CCNC(=O)COc1ccc2c(c1)CCC1C2CCC2(C)C(c3cncc(C(F)(F)F)c3)=CCC12. The molecular weight excluding hydrogens is 453 g/mol. The van der Waals surface area contributed by atoms with Crippen LogP contribution in [0.25, 0.3) is 5.57 Å². The molecule has 1 saturated carbocycles. The van der Waals surface area contributed by atoms with Gasteiger partial charge in [-0.3, -0.25) is 9.78 Å². The number of rotatable bonds is 5. The fraction of sp³-hybridized carbons (Fsp3) is 0.500. The Kier molecular flexibility index (Phi) is 6.14. The Labute approximate surface area is 204 Å². The van der Waals surface area contributed by atoms with E-state index in [4.69, 9.17) is 4.74 Å². The molecule has 0 bridgehead atoms. The molecule has 0 aliphatic heterocycles. The highest BCUT2D eigenvalue weighted by atomic mass is 19.4. The Bertz CT molecular complexity index is 1160. The van der Waals surface area contributed by atoms with Crippen molar-refractivity contribution in [1.82, 2.24) is 10.3 Å². The Morgan fingerprint density at radius 1 is 1.23 bits per heavy atom. The molecule has 186 valence electrons. The van der Waals surface area contributed by atoms with Crippen LogP contribution < -0.4 is 10.1 Å². The quantitative estimate of drug-likeness (QED) is 0.553. The van der Waals surface area contributed by atoms with Crippen LogP contribution in [0.5, 0.6) is 5.75 Å². The molecule has 35 heavy (non-hydrogen) atoms. The van der Waals surface area contributed by atoms with Crippen LogP contribution in [0.2, 0.25) is 0 Å². The summed E-state index contributed by atoms with van der Waals surface area (Å²) in [4.78, 5) is 15.6. The topological polar surface area (TPSA) is 51.2 Å². The smallest absolute Gasteiger partial charge is 0.417 e. The molecule has 7 heteroatoms. The van der Waals surface area contributed by atoms with Crippen molar-refractivity contribution in [2.75, 3.05) is 13.2 Å². The van der Waals surface area contributed by atoms with Crippen LogP contribution >= 0.6 is 0 Å². The van der Waals surface area contributed by atoms with E-state index in [-0.39, 0.29) is 17.9 Å². The number of fused-ring (bicyclic) bond motifs is 5. The van der Waals surface area contributed by atoms with Crippen LogP contribution in [0.3, 0.4) is 0 Å². The first-order chi connectivity index (χ1) is 16.7. The third-order valence-corrected chi connectivity index (χ3v) is 8.40. The summed E-state index contributed by atoms with van der Waals surface area (Å²) in [5, 5.41) is 2.74. The number of carbonyl (C=O) groups excluding carboxylic acids is 1. The van der Waals surface area contributed by atoms with Crippen LogP contribution in [0.4, 0.5) is 13.2 Å². The summed E-state index contributed by atoms with van der Waals surface area (Å²) in [6, 6.07) is 7.45. The van der Waals surface area contributed by atoms with Crippen molar-refractivity contribution in [2.45, 2.75) is 58.0 Å². The zero-order valence-electron chi connectivity index (χ0n) is 20.1. The van der Waals surface area contributed by atoms with Gasteiger partial charge in [0.25, 0.3) is 5.91 Å². The number of aromatic nitrogens is 1. The number of amides is 1. The molecule has 1 heterocycles. The second-order valence-corrected chi connectivity index (χ2v) is 10.3. The van der Waals surface area contributed by atoms with E-state index in [9.17, 15) is 18.0 Å². The first kappa shape index (κ1) is 23.9. The molecule has 4 atom stereocenters. The van der Waals surface area contributed by atoms with Gasteiger partial charge in [-0.05, 0) is 103 Å². The number of benzene rings is 1. The number of pyridine rings is 1. The number of nitrogens with one attached hydrogen (secondary N) is 1. The maximum atomic E-state index is 13.3. The Balaban J connectivity index is 1.34. The second-order valence-electron chi connectivity index (χ2n) is 10.3. The van der Waals surface area contributed by atoms with Crippen LogP contribution in [-0.2, 0) is 17.4 Å². The molecule has 3 aliphatic carbocycles. The zero-order valence-corrected chi connectivity index (χ0v) is 20.1. The van der Waals surface area contributed by atoms with Gasteiger partial charge in [-0.15, -0.1) is 0 Å². The average molecular weight is 485 g/mol. The van der Waals surface area contributed by atoms with Gasteiger partial charge >= 0.3 is 6.18 Å². The van der Waals surface area contributed by atoms with Crippen LogP contribution in [0, 0.1) is 17.3 Å². The number of ether oxygens (including phenoxy) is 1. The molecule has 1 N–H and O–H groups in total. The highest BCUT2D eigenvalue weighted by molar-refractivity contribution is 5.77. The van der Waals surface area contributed by atoms with Gasteiger partial charge in [0.05, 0.1) is 5.56 Å². The fourth-order valence-electron chi connectivity index (χ4n) is 6.80. The number of hydrogen-bond acceptors (Lipinski definition) is 3. The van der Waals surface area contributed by atoms with Gasteiger partial charge in [-0.2, -0.15) is 13.2 Å². The molecule has 4 nitrogen and oxygen atoms in total. The minimum absolute atomic E-state index is 0.0119. The first-order valence-electron chi connectivity index (χ1n) is 12.5. The summed E-state index contributed by atoms with van der Waals surface area (Å²) < 4.78 is 45.6. The van der Waals surface area contributed by atoms with Gasteiger partial charge in [0.2, 0.25) is 0 Å². The van der Waals surface area contributed by atoms with E-state index in [1.807, 2.05) is 13.0 Å². The van der Waals surface area contributed by atoms with Gasteiger partial charge in [0.15, 0.2) is 6.61 Å². The molecule has 1 aromatic heterocycles. The summed E-state index contributed by atoms with van der Waals surface area (Å²) in [5.41, 5.74) is 3.46. The highest BCUT2D eigenvalue weighted by Gasteiger charge is 2.52. The normalized spacial score (nSPS) is 27.3. The zero-order chi connectivity index (χ0) is 24.8. The Morgan fingerprint density at radius 2 is 2.06 bits per heavy atom. The lowest BCUT2D eigenvalue weighted by atomic mass is 9.54. The summed E-state index contributed by atoms with van der Waals surface area (Å²) in [7, 11) is 0. The van der Waals surface area contributed by atoms with Crippen molar-refractivity contribution in [3.05, 3.63) is 65.0 Å². The largest absolute Gasteiger partial charge is 0.484 e. The van der Waals surface area contributed by atoms with E-state index in [1.54, 1.807) is 6.20 Å². The number of carbonyl (C=O) groups is 1. The maximum absolute atomic E-state index is 13.3. The summed E-state index contributed by atoms with van der Waals surface area (Å²) in [6.45, 7) is 4.71. The lowest BCUT2D eigenvalue weighted by Crippen LogP contribution is -2.40. The molecule has 4 unspecified atom stereocenters. The summed E-state index contributed by atoms with van der Waals surface area (Å²) >= 11 is 0. The van der Waals surface area contributed by atoms with E-state index >= 15 is 0 Å². The number of hydrogen-bond donors (Lipinski definition) is 1. The monoisotopic (exact) mass is 484 g/mol. The minimum atomic E-state index is -4.39. The maximum Gasteiger partial charge on any atom is 0.417 e. The number of alkyl halides is 3. The van der Waals surface area contributed by atoms with Gasteiger partial charge in [0.1, 0.15) is 5.75 Å². The fourth-order valence-corrected chi connectivity index (χ4v) is 6.80.